The maximum Gasteiger partial charge on any atom is 0.0122 e. The summed E-state index contributed by atoms with van der Waals surface area (Å²) in [6, 6.07) is 28.5. The molecule has 2 saturated carbocycles. The molecule has 0 bridgehead atoms. The van der Waals surface area contributed by atoms with Gasteiger partial charge in [-0.15, -0.1) is 0 Å². The van der Waals surface area contributed by atoms with Crippen LogP contribution in [0.15, 0.2) is 112 Å². The van der Waals surface area contributed by atoms with Gasteiger partial charge in [-0.3, -0.25) is 0 Å². The Morgan fingerprint density at radius 3 is 1.69 bits per heavy atom. The second-order valence-corrected chi connectivity index (χ2v) is 13.1. The molecule has 0 unspecified atom stereocenters. The Balaban J connectivity index is 0.000000174. The molecule has 2 aliphatic carbocycles. The number of hydrogen-bond donors (Lipinski definition) is 0. The normalized spacial score (nSPS) is 16.9. The van der Waals surface area contributed by atoms with E-state index in [4.69, 9.17) is 0 Å². The molecule has 0 nitrogen and oxygen atoms in total. The highest BCUT2D eigenvalue weighted by Crippen LogP contribution is 2.32. The minimum absolute atomic E-state index is 0.851. The fraction of sp³-hybridized carbons (Fsp3) is 0.463. The summed E-state index contributed by atoms with van der Waals surface area (Å²) in [6.07, 6.45) is 25.0. The van der Waals surface area contributed by atoms with E-state index in [1.807, 2.05) is 11.8 Å². The highest BCUT2D eigenvalue weighted by Gasteiger charge is 2.14. The topological polar surface area (TPSA) is 0 Å². The molecular formula is C41H56S. The molecule has 0 radical (unpaired) electrons. The van der Waals surface area contributed by atoms with E-state index >= 15 is 0 Å². The van der Waals surface area contributed by atoms with Crippen molar-refractivity contribution in [3.05, 3.63) is 119 Å². The van der Waals surface area contributed by atoms with Gasteiger partial charge in [0.2, 0.25) is 0 Å². The predicted molar refractivity (Wildman–Crippen MR) is 188 cm³/mol. The van der Waals surface area contributed by atoms with Crippen LogP contribution in [0.2, 0.25) is 0 Å². The van der Waals surface area contributed by atoms with E-state index in [0.29, 0.717) is 0 Å². The molecule has 0 atom stereocenters. The van der Waals surface area contributed by atoms with E-state index in [1.54, 1.807) is 11.1 Å². The third-order valence-corrected chi connectivity index (χ3v) is 9.75. The van der Waals surface area contributed by atoms with E-state index in [1.165, 1.54) is 98.0 Å². The number of rotatable bonds is 6. The van der Waals surface area contributed by atoms with E-state index < -0.39 is 0 Å². The van der Waals surface area contributed by atoms with Crippen molar-refractivity contribution in [1.82, 2.24) is 0 Å². The predicted octanol–water partition coefficient (Wildman–Crippen LogP) is 13.3. The zero-order chi connectivity index (χ0) is 29.8. The molecule has 226 valence electrons. The van der Waals surface area contributed by atoms with Crippen LogP contribution >= 0.6 is 11.8 Å². The molecule has 0 aliphatic heterocycles. The molecule has 0 saturated heterocycles. The van der Waals surface area contributed by atoms with Gasteiger partial charge in [0.05, 0.1) is 0 Å². The van der Waals surface area contributed by atoms with Gasteiger partial charge < -0.3 is 0 Å². The molecule has 1 heteroatoms. The first kappa shape index (κ1) is 34.0. The van der Waals surface area contributed by atoms with Gasteiger partial charge in [-0.25, -0.2) is 0 Å². The van der Waals surface area contributed by atoms with Gasteiger partial charge in [0.1, 0.15) is 0 Å². The van der Waals surface area contributed by atoms with Gasteiger partial charge in [-0.2, -0.15) is 0 Å². The molecule has 0 spiro atoms. The zero-order valence-corrected chi connectivity index (χ0v) is 27.8. The lowest BCUT2D eigenvalue weighted by Gasteiger charge is -2.14. The lowest BCUT2D eigenvalue weighted by atomic mass is 9.91. The summed E-state index contributed by atoms with van der Waals surface area (Å²) in [5.74, 6) is 1.70. The summed E-state index contributed by atoms with van der Waals surface area (Å²) in [6.45, 7) is 8.58. The van der Waals surface area contributed by atoms with Crippen molar-refractivity contribution in [2.45, 2.75) is 127 Å². The Hall–Kier alpha value is -2.51. The van der Waals surface area contributed by atoms with Crippen molar-refractivity contribution in [3.8, 4) is 0 Å². The lowest BCUT2D eigenvalue weighted by molar-refractivity contribution is 0.539. The van der Waals surface area contributed by atoms with Crippen molar-refractivity contribution in [2.24, 2.45) is 5.92 Å². The maximum atomic E-state index is 2.29. The zero-order valence-electron chi connectivity index (χ0n) is 27.0. The summed E-state index contributed by atoms with van der Waals surface area (Å²) in [5.41, 5.74) is 5.83. The van der Waals surface area contributed by atoms with Crippen LogP contribution in [0, 0.1) is 12.8 Å². The standard InChI is InChI=1S/C15H16S.C13H18.C13H22/c1-3-13-6-10-15(11-7-13)16-14-8-4-12(2)5-9-14;1-2-5-9-12(8-4-1)13-10-6-3-7-11-13;1-3-9-12(4-2)13-10-7-5-6-8-11-13/h4-11H,3H2,1-2H3;3,6-7,10-12H,1-2,4-5,8-9H2;3-4,9,13H,5-8,10-11H2,1-2H3/b;;9-3-,12-4+. The van der Waals surface area contributed by atoms with Crippen LogP contribution in [0.1, 0.15) is 120 Å². The number of aryl methyl sites for hydroxylation is 2. The first-order valence-electron chi connectivity index (χ1n) is 16.8. The Morgan fingerprint density at radius 1 is 0.667 bits per heavy atom. The molecule has 5 rings (SSSR count). The Bertz CT molecular complexity index is 1140. The maximum absolute atomic E-state index is 2.29. The summed E-state index contributed by atoms with van der Waals surface area (Å²) in [5, 5.41) is 0. The van der Waals surface area contributed by atoms with Gasteiger partial charge in [0.25, 0.3) is 0 Å². The SMILES string of the molecule is C/C=C\C(=C/C)C1CCCCCC1.CCc1ccc(Sc2ccc(C)cc2)cc1.c1ccc(C2CCCCCC2)cc1. The summed E-state index contributed by atoms with van der Waals surface area (Å²) in [7, 11) is 0. The largest absolute Gasteiger partial charge is 0.0901 e. The fourth-order valence-corrected chi connectivity index (χ4v) is 6.96. The highest BCUT2D eigenvalue weighted by atomic mass is 32.2. The van der Waals surface area contributed by atoms with Crippen molar-refractivity contribution in [2.75, 3.05) is 0 Å². The number of allylic oxidation sites excluding steroid dienone is 4. The molecule has 42 heavy (non-hydrogen) atoms. The molecule has 3 aromatic carbocycles. The van der Waals surface area contributed by atoms with E-state index in [-0.39, 0.29) is 0 Å². The molecule has 0 heterocycles. The monoisotopic (exact) mass is 580 g/mol. The van der Waals surface area contributed by atoms with Crippen molar-refractivity contribution in [1.29, 1.82) is 0 Å². The van der Waals surface area contributed by atoms with Crippen LogP contribution in [-0.2, 0) is 6.42 Å². The third kappa shape index (κ3) is 12.8. The second kappa shape index (κ2) is 20.4. The molecule has 3 aromatic rings. The third-order valence-electron chi connectivity index (χ3n) is 8.73. The van der Waals surface area contributed by atoms with E-state index in [0.717, 1.165) is 18.3 Å². The average Bonchev–Trinajstić information content (AvgIpc) is 3.49. The van der Waals surface area contributed by atoms with E-state index in [9.17, 15) is 0 Å². The van der Waals surface area contributed by atoms with Crippen molar-refractivity contribution < 1.29 is 0 Å². The van der Waals surface area contributed by atoms with Gasteiger partial charge in [-0.1, -0.05) is 148 Å². The quantitative estimate of drug-likeness (QED) is 0.206. The average molecular weight is 581 g/mol. The van der Waals surface area contributed by atoms with Crippen molar-refractivity contribution in [3.63, 3.8) is 0 Å². The van der Waals surface area contributed by atoms with Crippen LogP contribution in [0.5, 0.6) is 0 Å². The number of hydrogen-bond acceptors (Lipinski definition) is 1. The first-order valence-corrected chi connectivity index (χ1v) is 17.6. The van der Waals surface area contributed by atoms with Gasteiger partial charge in [-0.05, 0) is 106 Å². The molecule has 2 fully saturated rings. The molecule has 0 aromatic heterocycles. The molecular weight excluding hydrogens is 525 g/mol. The molecule has 2 aliphatic rings. The van der Waals surface area contributed by atoms with E-state index in [2.05, 4.69) is 125 Å². The van der Waals surface area contributed by atoms with Crippen LogP contribution in [-0.4, -0.2) is 0 Å². The Morgan fingerprint density at radius 2 is 1.19 bits per heavy atom. The summed E-state index contributed by atoms with van der Waals surface area (Å²) < 4.78 is 0. The first-order chi connectivity index (χ1) is 20.6. The molecule has 0 N–H and O–H groups in total. The highest BCUT2D eigenvalue weighted by molar-refractivity contribution is 7.99. The smallest absolute Gasteiger partial charge is 0.0122 e. The summed E-state index contributed by atoms with van der Waals surface area (Å²) >= 11 is 1.82. The van der Waals surface area contributed by atoms with Crippen LogP contribution in [0.4, 0.5) is 0 Å². The minimum atomic E-state index is 0.851. The van der Waals surface area contributed by atoms with Gasteiger partial charge >= 0.3 is 0 Å². The summed E-state index contributed by atoms with van der Waals surface area (Å²) in [4.78, 5) is 2.61. The van der Waals surface area contributed by atoms with Crippen LogP contribution < -0.4 is 0 Å². The lowest BCUT2D eigenvalue weighted by Crippen LogP contribution is -2.00. The second-order valence-electron chi connectivity index (χ2n) is 12.0. The fourth-order valence-electron chi connectivity index (χ4n) is 6.15. The van der Waals surface area contributed by atoms with Crippen molar-refractivity contribution >= 4 is 11.8 Å². The van der Waals surface area contributed by atoms with Gasteiger partial charge in [0, 0.05) is 9.79 Å². The van der Waals surface area contributed by atoms with Crippen LogP contribution in [0.3, 0.4) is 0 Å². The molecule has 0 amide bonds. The number of benzene rings is 3. The van der Waals surface area contributed by atoms with Gasteiger partial charge in [0.15, 0.2) is 0 Å². The Kier molecular flexibility index (Phi) is 16.5. The Labute approximate surface area is 263 Å². The van der Waals surface area contributed by atoms with Crippen LogP contribution in [0.25, 0.3) is 0 Å². The minimum Gasteiger partial charge on any atom is -0.0901 e.